The summed E-state index contributed by atoms with van der Waals surface area (Å²) in [6.45, 7) is 4.54. The van der Waals surface area contributed by atoms with Gasteiger partial charge in [0, 0.05) is 12.3 Å². The molecule has 2 aromatic rings. The van der Waals surface area contributed by atoms with Crippen molar-refractivity contribution in [2.45, 2.75) is 20.3 Å². The van der Waals surface area contributed by atoms with E-state index in [-0.39, 0.29) is 5.75 Å². The minimum Gasteiger partial charge on any atom is -0.508 e. The van der Waals surface area contributed by atoms with E-state index in [2.05, 4.69) is 4.98 Å². The van der Waals surface area contributed by atoms with Crippen molar-refractivity contribution in [1.29, 1.82) is 0 Å². The van der Waals surface area contributed by atoms with E-state index in [0.29, 0.717) is 24.0 Å². The first-order chi connectivity index (χ1) is 9.19. The molecular formula is C15H17NO3. The van der Waals surface area contributed by atoms with Crippen LogP contribution in [0.1, 0.15) is 18.9 Å². The number of aromatic nitrogens is 1. The quantitative estimate of drug-likeness (QED) is 0.890. The SMILES string of the molecule is CCCOc1cccnc1Oc1cc(C)cc(O)c1. The fourth-order valence-corrected chi connectivity index (χ4v) is 1.67. The van der Waals surface area contributed by atoms with Crippen molar-refractivity contribution in [3.63, 3.8) is 0 Å². The van der Waals surface area contributed by atoms with Crippen molar-refractivity contribution in [1.82, 2.24) is 4.98 Å². The highest BCUT2D eigenvalue weighted by Crippen LogP contribution is 2.31. The Kier molecular flexibility index (Phi) is 4.23. The van der Waals surface area contributed by atoms with Gasteiger partial charge < -0.3 is 14.6 Å². The summed E-state index contributed by atoms with van der Waals surface area (Å²) in [6.07, 6.45) is 2.56. The highest BCUT2D eigenvalue weighted by molar-refractivity contribution is 5.41. The smallest absolute Gasteiger partial charge is 0.262 e. The summed E-state index contributed by atoms with van der Waals surface area (Å²) in [4.78, 5) is 4.16. The summed E-state index contributed by atoms with van der Waals surface area (Å²) in [6, 6.07) is 8.66. The van der Waals surface area contributed by atoms with Crippen molar-refractivity contribution in [3.05, 3.63) is 42.1 Å². The normalized spacial score (nSPS) is 10.2. The number of phenols is 1. The molecule has 0 radical (unpaired) electrons. The summed E-state index contributed by atoms with van der Waals surface area (Å²) >= 11 is 0. The lowest BCUT2D eigenvalue weighted by molar-refractivity contribution is 0.298. The predicted octanol–water partition coefficient (Wildman–Crippen LogP) is 3.68. The van der Waals surface area contributed by atoms with E-state index in [0.717, 1.165) is 12.0 Å². The van der Waals surface area contributed by atoms with E-state index in [1.165, 1.54) is 0 Å². The molecule has 0 unspecified atom stereocenters. The maximum absolute atomic E-state index is 9.55. The Morgan fingerprint density at radius 2 is 2.11 bits per heavy atom. The van der Waals surface area contributed by atoms with Crippen LogP contribution < -0.4 is 9.47 Å². The lowest BCUT2D eigenvalue weighted by Crippen LogP contribution is -1.98. The molecule has 1 N–H and O–H groups in total. The van der Waals surface area contributed by atoms with Gasteiger partial charge in [-0.2, -0.15) is 0 Å². The van der Waals surface area contributed by atoms with E-state index in [1.54, 1.807) is 24.4 Å². The summed E-state index contributed by atoms with van der Waals surface area (Å²) < 4.78 is 11.2. The van der Waals surface area contributed by atoms with Gasteiger partial charge in [-0.15, -0.1) is 0 Å². The molecule has 0 bridgehead atoms. The summed E-state index contributed by atoms with van der Waals surface area (Å²) in [5.41, 5.74) is 0.918. The molecule has 0 aliphatic carbocycles. The Balaban J connectivity index is 2.22. The zero-order valence-electron chi connectivity index (χ0n) is 11.1. The first kappa shape index (κ1) is 13.2. The lowest BCUT2D eigenvalue weighted by Gasteiger charge is -2.11. The van der Waals surface area contributed by atoms with Gasteiger partial charge in [0.15, 0.2) is 5.75 Å². The Morgan fingerprint density at radius 3 is 2.84 bits per heavy atom. The summed E-state index contributed by atoms with van der Waals surface area (Å²) in [7, 11) is 0. The number of hydrogen-bond donors (Lipinski definition) is 1. The van der Waals surface area contributed by atoms with Crippen LogP contribution in [0.4, 0.5) is 0 Å². The molecule has 0 saturated carbocycles. The second-order valence-corrected chi connectivity index (χ2v) is 4.26. The van der Waals surface area contributed by atoms with Crippen molar-refractivity contribution in [2.24, 2.45) is 0 Å². The molecule has 0 amide bonds. The van der Waals surface area contributed by atoms with E-state index in [9.17, 15) is 5.11 Å². The maximum Gasteiger partial charge on any atom is 0.262 e. The van der Waals surface area contributed by atoms with Crippen LogP contribution in [0.3, 0.4) is 0 Å². The third-order valence-corrected chi connectivity index (χ3v) is 2.45. The van der Waals surface area contributed by atoms with E-state index in [1.807, 2.05) is 26.0 Å². The van der Waals surface area contributed by atoms with Crippen LogP contribution in [0.5, 0.6) is 23.1 Å². The van der Waals surface area contributed by atoms with Crippen molar-refractivity contribution in [3.8, 4) is 23.1 Å². The molecular weight excluding hydrogens is 242 g/mol. The average Bonchev–Trinajstić information content (AvgIpc) is 2.36. The van der Waals surface area contributed by atoms with Crippen LogP contribution in [0.25, 0.3) is 0 Å². The minimum atomic E-state index is 0.168. The first-order valence-corrected chi connectivity index (χ1v) is 6.25. The molecule has 0 atom stereocenters. The van der Waals surface area contributed by atoms with Gasteiger partial charge in [0.25, 0.3) is 5.88 Å². The Bertz CT molecular complexity index is 535. The number of aryl methyl sites for hydroxylation is 1. The average molecular weight is 259 g/mol. The van der Waals surface area contributed by atoms with Gasteiger partial charge in [-0.25, -0.2) is 4.98 Å². The molecule has 0 spiro atoms. The van der Waals surface area contributed by atoms with E-state index < -0.39 is 0 Å². The van der Waals surface area contributed by atoms with Crippen molar-refractivity contribution >= 4 is 0 Å². The van der Waals surface area contributed by atoms with Gasteiger partial charge in [-0.05, 0) is 43.2 Å². The monoisotopic (exact) mass is 259 g/mol. The largest absolute Gasteiger partial charge is 0.508 e. The van der Waals surface area contributed by atoms with Crippen molar-refractivity contribution in [2.75, 3.05) is 6.61 Å². The molecule has 0 aliphatic heterocycles. The maximum atomic E-state index is 9.55. The summed E-state index contributed by atoms with van der Waals surface area (Å²) in [5.74, 6) is 1.71. The molecule has 2 rings (SSSR count). The van der Waals surface area contributed by atoms with Gasteiger partial charge in [-0.3, -0.25) is 0 Å². The number of nitrogens with zero attached hydrogens (tertiary/aromatic N) is 1. The van der Waals surface area contributed by atoms with E-state index in [4.69, 9.17) is 9.47 Å². The van der Waals surface area contributed by atoms with Crippen LogP contribution in [0.15, 0.2) is 36.5 Å². The fraction of sp³-hybridized carbons (Fsp3) is 0.267. The standard InChI is InChI=1S/C15H17NO3/c1-3-7-18-14-5-4-6-16-15(14)19-13-9-11(2)8-12(17)10-13/h4-6,8-10,17H,3,7H2,1-2H3. The third kappa shape index (κ3) is 3.61. The molecule has 1 aromatic heterocycles. The number of benzene rings is 1. The highest BCUT2D eigenvalue weighted by Gasteiger charge is 2.08. The Hall–Kier alpha value is -2.23. The van der Waals surface area contributed by atoms with Gasteiger partial charge in [0.05, 0.1) is 6.61 Å². The van der Waals surface area contributed by atoms with Gasteiger partial charge in [0.1, 0.15) is 11.5 Å². The zero-order chi connectivity index (χ0) is 13.7. The van der Waals surface area contributed by atoms with Gasteiger partial charge >= 0.3 is 0 Å². The van der Waals surface area contributed by atoms with Crippen LogP contribution in [-0.2, 0) is 0 Å². The second-order valence-electron chi connectivity index (χ2n) is 4.26. The van der Waals surface area contributed by atoms with Gasteiger partial charge in [-0.1, -0.05) is 6.92 Å². The minimum absolute atomic E-state index is 0.168. The number of ether oxygens (including phenoxy) is 2. The zero-order valence-corrected chi connectivity index (χ0v) is 11.1. The Morgan fingerprint density at radius 1 is 1.26 bits per heavy atom. The fourth-order valence-electron chi connectivity index (χ4n) is 1.67. The van der Waals surface area contributed by atoms with Crippen LogP contribution >= 0.6 is 0 Å². The molecule has 0 saturated heterocycles. The Labute approximate surface area is 112 Å². The number of pyridine rings is 1. The molecule has 4 nitrogen and oxygen atoms in total. The number of phenolic OH excluding ortho intramolecular Hbond substituents is 1. The second kappa shape index (κ2) is 6.09. The molecule has 1 heterocycles. The number of hydrogen-bond acceptors (Lipinski definition) is 4. The molecule has 1 aromatic carbocycles. The topological polar surface area (TPSA) is 51.6 Å². The van der Waals surface area contributed by atoms with Crippen LogP contribution in [-0.4, -0.2) is 16.7 Å². The number of rotatable bonds is 5. The lowest BCUT2D eigenvalue weighted by atomic mass is 10.2. The molecule has 0 fully saturated rings. The molecule has 19 heavy (non-hydrogen) atoms. The molecule has 4 heteroatoms. The molecule has 100 valence electrons. The highest BCUT2D eigenvalue weighted by atomic mass is 16.5. The number of aromatic hydroxyl groups is 1. The predicted molar refractivity (Wildman–Crippen MR) is 72.9 cm³/mol. The van der Waals surface area contributed by atoms with E-state index >= 15 is 0 Å². The third-order valence-electron chi connectivity index (χ3n) is 2.45. The van der Waals surface area contributed by atoms with Gasteiger partial charge in [0.2, 0.25) is 0 Å². The van der Waals surface area contributed by atoms with Crippen molar-refractivity contribution < 1.29 is 14.6 Å². The summed E-state index contributed by atoms with van der Waals surface area (Å²) in [5, 5.41) is 9.55. The van der Waals surface area contributed by atoms with Crippen LogP contribution in [0.2, 0.25) is 0 Å². The molecule has 0 aliphatic rings. The first-order valence-electron chi connectivity index (χ1n) is 6.25. The van der Waals surface area contributed by atoms with Crippen LogP contribution in [0, 0.1) is 6.92 Å².